The lowest BCUT2D eigenvalue weighted by Gasteiger charge is -2.11. The lowest BCUT2D eigenvalue weighted by Crippen LogP contribution is -2.30. The molecule has 1 unspecified atom stereocenters. The summed E-state index contributed by atoms with van der Waals surface area (Å²) in [5.74, 6) is 0. The molecule has 18 heavy (non-hydrogen) atoms. The lowest BCUT2D eigenvalue weighted by atomic mass is 10.4. The van der Waals surface area contributed by atoms with Gasteiger partial charge in [0.05, 0.1) is 4.90 Å². The van der Waals surface area contributed by atoms with Crippen LogP contribution in [0.4, 0.5) is 0 Å². The van der Waals surface area contributed by atoms with Crippen LogP contribution in [0.15, 0.2) is 16.3 Å². The summed E-state index contributed by atoms with van der Waals surface area (Å²) in [5.41, 5.74) is 0. The van der Waals surface area contributed by atoms with Crippen molar-refractivity contribution in [1.82, 2.24) is 10.0 Å². The Morgan fingerprint density at radius 1 is 1.50 bits per heavy atom. The number of thiophene rings is 1. The van der Waals surface area contributed by atoms with Crippen LogP contribution in [0.5, 0.6) is 0 Å². The first kappa shape index (κ1) is 16.0. The summed E-state index contributed by atoms with van der Waals surface area (Å²) in [5, 5.41) is 5.25. The quantitative estimate of drug-likeness (QED) is 0.770. The molecule has 0 radical (unpaired) electrons. The molecule has 4 nitrogen and oxygen atoms in total. The number of sulfonamides is 1. The van der Waals surface area contributed by atoms with Gasteiger partial charge in [0, 0.05) is 23.2 Å². The summed E-state index contributed by atoms with van der Waals surface area (Å²) in [6.45, 7) is 5.89. The van der Waals surface area contributed by atoms with Crippen molar-refractivity contribution in [1.29, 1.82) is 0 Å². The highest BCUT2D eigenvalue weighted by Gasteiger charge is 2.19. The molecule has 0 amide bonds. The molecule has 1 atom stereocenters. The molecular weight excluding hydrogens is 288 g/mol. The van der Waals surface area contributed by atoms with Gasteiger partial charge in [-0.1, -0.05) is 13.8 Å². The molecule has 0 aliphatic heterocycles. The van der Waals surface area contributed by atoms with Gasteiger partial charge in [-0.2, -0.15) is 11.8 Å². The summed E-state index contributed by atoms with van der Waals surface area (Å²) in [4.78, 5) is 1.27. The first-order chi connectivity index (χ1) is 8.51. The Balaban J connectivity index is 2.75. The van der Waals surface area contributed by atoms with E-state index in [9.17, 15) is 8.42 Å². The number of nitrogens with one attached hydrogen (secondary N) is 2. The van der Waals surface area contributed by atoms with E-state index in [1.165, 1.54) is 11.3 Å². The predicted molar refractivity (Wildman–Crippen MR) is 79.9 cm³/mol. The summed E-state index contributed by atoms with van der Waals surface area (Å²) in [7, 11) is -3.38. The Kier molecular flexibility index (Phi) is 6.65. The minimum Gasteiger partial charge on any atom is -0.312 e. The van der Waals surface area contributed by atoms with E-state index >= 15 is 0 Å². The zero-order chi connectivity index (χ0) is 13.6. The number of hydrogen-bond acceptors (Lipinski definition) is 5. The van der Waals surface area contributed by atoms with Gasteiger partial charge in [0.2, 0.25) is 10.0 Å². The molecule has 104 valence electrons. The minimum atomic E-state index is -3.38. The molecule has 7 heteroatoms. The van der Waals surface area contributed by atoms with E-state index in [0.717, 1.165) is 11.4 Å². The molecule has 0 aromatic carbocycles. The van der Waals surface area contributed by atoms with Crippen molar-refractivity contribution in [3.05, 3.63) is 16.3 Å². The fourth-order valence-corrected chi connectivity index (χ4v) is 4.22. The lowest BCUT2D eigenvalue weighted by molar-refractivity contribution is 0.580. The van der Waals surface area contributed by atoms with Gasteiger partial charge in [0.1, 0.15) is 0 Å². The molecule has 0 saturated heterocycles. The zero-order valence-corrected chi connectivity index (χ0v) is 13.3. The molecular formula is C11H20N2O2S3. The summed E-state index contributed by atoms with van der Waals surface area (Å²) >= 11 is 3.11. The van der Waals surface area contributed by atoms with Crippen molar-refractivity contribution in [2.75, 3.05) is 19.3 Å². The molecule has 1 rings (SSSR count). The molecule has 0 saturated carbocycles. The number of hydrogen-bond donors (Lipinski definition) is 2. The van der Waals surface area contributed by atoms with E-state index in [1.54, 1.807) is 17.8 Å². The summed E-state index contributed by atoms with van der Waals surface area (Å²) in [6, 6.07) is 1.67. The van der Waals surface area contributed by atoms with Gasteiger partial charge in [0.25, 0.3) is 0 Å². The van der Waals surface area contributed by atoms with Crippen molar-refractivity contribution in [2.45, 2.75) is 30.5 Å². The van der Waals surface area contributed by atoms with E-state index < -0.39 is 10.0 Å². The van der Waals surface area contributed by atoms with E-state index in [1.807, 2.05) is 25.5 Å². The number of thioether (sulfide) groups is 1. The first-order valence-electron chi connectivity index (χ1n) is 5.80. The highest BCUT2D eigenvalue weighted by atomic mass is 32.2. The van der Waals surface area contributed by atoms with Crippen LogP contribution in [0.3, 0.4) is 0 Å². The van der Waals surface area contributed by atoms with Gasteiger partial charge in [-0.15, -0.1) is 11.3 Å². The molecule has 1 heterocycles. The zero-order valence-electron chi connectivity index (χ0n) is 10.9. The second kappa shape index (κ2) is 7.49. The van der Waals surface area contributed by atoms with Crippen LogP contribution in [0.1, 0.15) is 18.7 Å². The largest absolute Gasteiger partial charge is 0.312 e. The molecule has 0 aliphatic rings. The monoisotopic (exact) mass is 308 g/mol. The van der Waals surface area contributed by atoms with Crippen molar-refractivity contribution >= 4 is 33.1 Å². The Labute approximate surface area is 118 Å². The second-order valence-electron chi connectivity index (χ2n) is 3.89. The Hall–Kier alpha value is -0.0800. The van der Waals surface area contributed by atoms with Crippen molar-refractivity contribution in [2.24, 2.45) is 0 Å². The topological polar surface area (TPSA) is 58.2 Å². The van der Waals surface area contributed by atoms with Gasteiger partial charge < -0.3 is 5.32 Å². The van der Waals surface area contributed by atoms with Crippen LogP contribution < -0.4 is 10.0 Å². The van der Waals surface area contributed by atoms with E-state index in [-0.39, 0.29) is 5.25 Å². The normalized spacial score (nSPS) is 13.7. The fourth-order valence-electron chi connectivity index (χ4n) is 1.32. The second-order valence-corrected chi connectivity index (χ2v) is 7.90. The smallest absolute Gasteiger partial charge is 0.241 e. The highest BCUT2D eigenvalue weighted by molar-refractivity contribution is 7.99. The Morgan fingerprint density at radius 2 is 2.22 bits per heavy atom. The van der Waals surface area contributed by atoms with E-state index in [4.69, 9.17) is 0 Å². The van der Waals surface area contributed by atoms with Crippen LogP contribution in [-0.2, 0) is 16.6 Å². The maximum Gasteiger partial charge on any atom is 0.241 e. The van der Waals surface area contributed by atoms with Crippen molar-refractivity contribution < 1.29 is 8.42 Å². The molecule has 2 N–H and O–H groups in total. The minimum absolute atomic E-state index is 0.274. The third-order valence-corrected chi connectivity index (χ3v) is 6.02. The maximum absolute atomic E-state index is 12.2. The predicted octanol–water partition coefficient (Wildman–Crippen LogP) is 1.89. The highest BCUT2D eigenvalue weighted by Crippen LogP contribution is 2.21. The van der Waals surface area contributed by atoms with Gasteiger partial charge in [-0.05, 0) is 24.2 Å². The van der Waals surface area contributed by atoms with Gasteiger partial charge in [-0.3, -0.25) is 0 Å². The Morgan fingerprint density at radius 3 is 2.83 bits per heavy atom. The molecule has 0 fully saturated rings. The molecule has 0 aliphatic carbocycles. The fraction of sp³-hybridized carbons (Fsp3) is 0.636. The molecule has 0 bridgehead atoms. The van der Waals surface area contributed by atoms with Gasteiger partial charge in [0.15, 0.2) is 0 Å². The standard InChI is InChI=1S/C11H20N2O2S3/c1-4-12-8-10-11(5-6-17-10)18(14,15)13-7-9(2)16-3/h5-6,9,12-13H,4,7-8H2,1-3H3. The van der Waals surface area contributed by atoms with Crippen LogP contribution in [0, 0.1) is 0 Å². The SMILES string of the molecule is CCNCc1sccc1S(=O)(=O)NCC(C)SC. The number of rotatable bonds is 8. The molecule has 1 aromatic heterocycles. The average molecular weight is 308 g/mol. The average Bonchev–Trinajstić information content (AvgIpc) is 2.82. The Bertz CT molecular complexity index is 457. The molecule has 0 spiro atoms. The van der Waals surface area contributed by atoms with Crippen LogP contribution >= 0.6 is 23.1 Å². The van der Waals surface area contributed by atoms with Crippen molar-refractivity contribution in [3.63, 3.8) is 0 Å². The molecule has 1 aromatic rings. The maximum atomic E-state index is 12.2. The van der Waals surface area contributed by atoms with Crippen molar-refractivity contribution in [3.8, 4) is 0 Å². The van der Waals surface area contributed by atoms with Crippen LogP contribution in [0.2, 0.25) is 0 Å². The van der Waals surface area contributed by atoms with E-state index in [2.05, 4.69) is 10.0 Å². The summed E-state index contributed by atoms with van der Waals surface area (Å²) < 4.78 is 27.0. The van der Waals surface area contributed by atoms with Crippen LogP contribution in [0.25, 0.3) is 0 Å². The third-order valence-electron chi connectivity index (χ3n) is 2.49. The summed E-state index contributed by atoms with van der Waals surface area (Å²) in [6.07, 6.45) is 1.97. The van der Waals surface area contributed by atoms with Gasteiger partial charge in [-0.25, -0.2) is 13.1 Å². The van der Waals surface area contributed by atoms with E-state index in [0.29, 0.717) is 18.0 Å². The van der Waals surface area contributed by atoms with Crippen LogP contribution in [-0.4, -0.2) is 33.0 Å². The van der Waals surface area contributed by atoms with Gasteiger partial charge >= 0.3 is 0 Å². The third kappa shape index (κ3) is 4.55. The first-order valence-corrected chi connectivity index (χ1v) is 9.46.